The first-order chi connectivity index (χ1) is 12.7. The molecule has 1 aliphatic heterocycles. The summed E-state index contributed by atoms with van der Waals surface area (Å²) < 4.78 is 0. The standard InChI is InChI=1S/C23H20ClNO/c24-19-13-11-17(12-14-19)21-15-25(20-9-5-2-6-10-20)16-22(21)23(26)18-7-3-1-4-8-18/h1-14,21-22H,15-16H2/t21-,22+/m1/s1. The monoisotopic (exact) mass is 361 g/mol. The van der Waals surface area contributed by atoms with E-state index in [1.54, 1.807) is 0 Å². The summed E-state index contributed by atoms with van der Waals surface area (Å²) in [4.78, 5) is 15.5. The highest BCUT2D eigenvalue weighted by Gasteiger charge is 2.38. The third-order valence-corrected chi connectivity index (χ3v) is 5.39. The molecular formula is C23H20ClNO. The van der Waals surface area contributed by atoms with Crippen molar-refractivity contribution in [3.8, 4) is 0 Å². The Bertz CT molecular complexity index is 877. The number of ketones is 1. The van der Waals surface area contributed by atoms with Gasteiger partial charge in [-0.15, -0.1) is 0 Å². The second-order valence-electron chi connectivity index (χ2n) is 6.74. The molecule has 0 radical (unpaired) electrons. The van der Waals surface area contributed by atoms with Gasteiger partial charge in [0.15, 0.2) is 5.78 Å². The predicted octanol–water partition coefficient (Wildman–Crippen LogP) is 5.44. The van der Waals surface area contributed by atoms with Gasteiger partial charge in [-0.05, 0) is 29.8 Å². The molecule has 3 aromatic carbocycles. The van der Waals surface area contributed by atoms with Gasteiger partial charge in [0.05, 0.1) is 0 Å². The first-order valence-electron chi connectivity index (χ1n) is 8.87. The van der Waals surface area contributed by atoms with Crippen molar-refractivity contribution in [2.24, 2.45) is 5.92 Å². The highest BCUT2D eigenvalue weighted by Crippen LogP contribution is 2.37. The quantitative estimate of drug-likeness (QED) is 0.576. The third kappa shape index (κ3) is 3.38. The lowest BCUT2D eigenvalue weighted by Gasteiger charge is -2.18. The number of para-hydroxylation sites is 1. The molecule has 0 aliphatic carbocycles. The molecule has 0 amide bonds. The Morgan fingerprint density at radius 1 is 0.808 bits per heavy atom. The summed E-state index contributed by atoms with van der Waals surface area (Å²) in [6.45, 7) is 1.56. The van der Waals surface area contributed by atoms with Gasteiger partial charge in [-0.3, -0.25) is 4.79 Å². The summed E-state index contributed by atoms with van der Waals surface area (Å²) in [7, 11) is 0. The number of Topliss-reactive ketones (excluding diaryl/α,β-unsaturated/α-hetero) is 1. The van der Waals surface area contributed by atoms with Crippen LogP contribution in [0.5, 0.6) is 0 Å². The van der Waals surface area contributed by atoms with E-state index in [-0.39, 0.29) is 17.6 Å². The molecule has 0 saturated carbocycles. The highest BCUT2D eigenvalue weighted by atomic mass is 35.5. The maximum atomic E-state index is 13.2. The zero-order chi connectivity index (χ0) is 17.9. The van der Waals surface area contributed by atoms with Gasteiger partial charge in [0, 0.05) is 41.2 Å². The normalized spacial score (nSPS) is 19.5. The molecule has 2 atom stereocenters. The van der Waals surface area contributed by atoms with E-state index in [0.717, 1.165) is 29.4 Å². The lowest BCUT2D eigenvalue weighted by Crippen LogP contribution is -2.23. The molecule has 0 N–H and O–H groups in total. The molecule has 4 rings (SSSR count). The largest absolute Gasteiger partial charge is 0.370 e. The molecule has 1 saturated heterocycles. The Hall–Kier alpha value is -2.58. The smallest absolute Gasteiger partial charge is 0.168 e. The van der Waals surface area contributed by atoms with E-state index < -0.39 is 0 Å². The minimum atomic E-state index is -0.0706. The van der Waals surface area contributed by atoms with Crippen LogP contribution in [0.2, 0.25) is 5.02 Å². The van der Waals surface area contributed by atoms with Crippen LogP contribution < -0.4 is 4.90 Å². The number of nitrogens with zero attached hydrogens (tertiary/aromatic N) is 1. The van der Waals surface area contributed by atoms with Crippen molar-refractivity contribution >= 4 is 23.1 Å². The van der Waals surface area contributed by atoms with Crippen molar-refractivity contribution < 1.29 is 4.79 Å². The SMILES string of the molecule is O=C(c1ccccc1)[C@H]1CN(c2ccccc2)C[C@@H]1c1ccc(Cl)cc1. The summed E-state index contributed by atoms with van der Waals surface area (Å²) in [5.41, 5.74) is 3.11. The number of benzene rings is 3. The summed E-state index contributed by atoms with van der Waals surface area (Å²) in [5, 5.41) is 0.720. The Morgan fingerprint density at radius 2 is 1.42 bits per heavy atom. The minimum Gasteiger partial charge on any atom is -0.370 e. The van der Waals surface area contributed by atoms with Crippen LogP contribution in [0.15, 0.2) is 84.9 Å². The molecule has 1 aliphatic rings. The molecule has 26 heavy (non-hydrogen) atoms. The van der Waals surface area contributed by atoms with Crippen LogP contribution in [0.4, 0.5) is 5.69 Å². The molecule has 3 heteroatoms. The minimum absolute atomic E-state index is 0.0706. The Balaban J connectivity index is 1.68. The van der Waals surface area contributed by atoms with Crippen molar-refractivity contribution in [3.63, 3.8) is 0 Å². The Labute approximate surface area is 159 Å². The zero-order valence-corrected chi connectivity index (χ0v) is 15.1. The molecule has 0 aromatic heterocycles. The highest BCUT2D eigenvalue weighted by molar-refractivity contribution is 6.30. The fraction of sp³-hybridized carbons (Fsp3) is 0.174. The zero-order valence-electron chi connectivity index (χ0n) is 14.4. The van der Waals surface area contributed by atoms with E-state index >= 15 is 0 Å². The average molecular weight is 362 g/mol. The van der Waals surface area contributed by atoms with E-state index in [1.165, 1.54) is 5.56 Å². The van der Waals surface area contributed by atoms with Crippen molar-refractivity contribution in [3.05, 3.63) is 101 Å². The van der Waals surface area contributed by atoms with Crippen molar-refractivity contribution in [1.29, 1.82) is 0 Å². The number of hydrogen-bond donors (Lipinski definition) is 0. The fourth-order valence-electron chi connectivity index (χ4n) is 3.78. The van der Waals surface area contributed by atoms with E-state index in [9.17, 15) is 4.79 Å². The number of carbonyl (C=O) groups is 1. The average Bonchev–Trinajstić information content (AvgIpc) is 3.15. The van der Waals surface area contributed by atoms with Gasteiger partial charge in [-0.1, -0.05) is 72.3 Å². The van der Waals surface area contributed by atoms with Crippen LogP contribution in [0.1, 0.15) is 21.8 Å². The Morgan fingerprint density at radius 3 is 2.08 bits per heavy atom. The first-order valence-corrected chi connectivity index (χ1v) is 9.25. The molecule has 2 nitrogen and oxygen atoms in total. The maximum absolute atomic E-state index is 13.2. The van der Waals surface area contributed by atoms with Gasteiger partial charge in [0.2, 0.25) is 0 Å². The molecule has 0 unspecified atom stereocenters. The molecule has 1 heterocycles. The predicted molar refractivity (Wildman–Crippen MR) is 107 cm³/mol. The lowest BCUT2D eigenvalue weighted by molar-refractivity contribution is 0.0921. The van der Waals surface area contributed by atoms with Crippen molar-refractivity contribution in [1.82, 2.24) is 0 Å². The topological polar surface area (TPSA) is 20.3 Å². The fourth-order valence-corrected chi connectivity index (χ4v) is 3.91. The number of rotatable bonds is 4. The second kappa shape index (κ2) is 7.35. The molecule has 3 aromatic rings. The molecule has 0 bridgehead atoms. The van der Waals surface area contributed by atoms with Crippen LogP contribution in [-0.2, 0) is 0 Å². The maximum Gasteiger partial charge on any atom is 0.168 e. The summed E-state index contributed by atoms with van der Waals surface area (Å²) in [5.74, 6) is 0.294. The van der Waals surface area contributed by atoms with Crippen LogP contribution >= 0.6 is 11.6 Å². The van der Waals surface area contributed by atoms with Gasteiger partial charge >= 0.3 is 0 Å². The first kappa shape index (κ1) is 16.9. The number of anilines is 1. The van der Waals surface area contributed by atoms with Gasteiger partial charge < -0.3 is 4.90 Å². The van der Waals surface area contributed by atoms with E-state index in [2.05, 4.69) is 17.0 Å². The lowest BCUT2D eigenvalue weighted by atomic mass is 9.84. The van der Waals surface area contributed by atoms with Crippen molar-refractivity contribution in [2.45, 2.75) is 5.92 Å². The van der Waals surface area contributed by atoms with Gasteiger partial charge in [-0.25, -0.2) is 0 Å². The number of halogens is 1. The summed E-state index contributed by atoms with van der Waals surface area (Å²) in [6, 6.07) is 27.8. The van der Waals surface area contributed by atoms with Gasteiger partial charge in [0.25, 0.3) is 0 Å². The molecule has 130 valence electrons. The van der Waals surface area contributed by atoms with Crippen LogP contribution in [0.25, 0.3) is 0 Å². The van der Waals surface area contributed by atoms with E-state index in [1.807, 2.05) is 72.8 Å². The van der Waals surface area contributed by atoms with Gasteiger partial charge in [0.1, 0.15) is 0 Å². The second-order valence-corrected chi connectivity index (χ2v) is 7.17. The van der Waals surface area contributed by atoms with Crippen LogP contribution in [0, 0.1) is 5.92 Å². The van der Waals surface area contributed by atoms with Crippen molar-refractivity contribution in [2.75, 3.05) is 18.0 Å². The van der Waals surface area contributed by atoms with Gasteiger partial charge in [-0.2, -0.15) is 0 Å². The molecular weight excluding hydrogens is 342 g/mol. The third-order valence-electron chi connectivity index (χ3n) is 5.13. The molecule has 1 fully saturated rings. The Kier molecular flexibility index (Phi) is 4.77. The van der Waals surface area contributed by atoms with E-state index in [4.69, 9.17) is 11.6 Å². The van der Waals surface area contributed by atoms with Crippen LogP contribution in [-0.4, -0.2) is 18.9 Å². The number of carbonyl (C=O) groups excluding carboxylic acids is 1. The molecule has 0 spiro atoms. The summed E-state index contributed by atoms with van der Waals surface area (Å²) >= 11 is 6.06. The number of hydrogen-bond acceptors (Lipinski definition) is 2. The summed E-state index contributed by atoms with van der Waals surface area (Å²) in [6.07, 6.45) is 0. The van der Waals surface area contributed by atoms with Crippen LogP contribution in [0.3, 0.4) is 0 Å². The van der Waals surface area contributed by atoms with E-state index in [0.29, 0.717) is 0 Å².